The minimum Gasteiger partial charge on any atom is -0.497 e. The number of imidazole rings is 2. The number of amides is 2. The summed E-state index contributed by atoms with van der Waals surface area (Å²) in [6, 6.07) is 27.4. The molecule has 0 saturated carbocycles. The highest BCUT2D eigenvalue weighted by Gasteiger charge is 2.38. The quantitative estimate of drug-likeness (QED) is 0.0104. The number of carbonyl (C=O) groups is 7. The molecule has 32 nitrogen and oxygen atoms in total. The molecule has 4 aromatic carbocycles. The number of H-pyrrole nitrogens is 1. The van der Waals surface area contributed by atoms with Gasteiger partial charge in [-0.25, -0.2) is 63.2 Å². The number of anilines is 6. The predicted molar refractivity (Wildman–Crippen MR) is 407 cm³/mol. The second kappa shape index (κ2) is 43.4. The number of carbonyl (C=O) groups excluding carboxylic acids is 4. The van der Waals surface area contributed by atoms with Crippen LogP contribution < -0.4 is 51.2 Å². The Morgan fingerprint density at radius 3 is 1.47 bits per heavy atom. The first-order valence-corrected chi connectivity index (χ1v) is 35.8. The summed E-state index contributed by atoms with van der Waals surface area (Å²) in [6.45, 7) is 15.6. The minimum atomic E-state index is -5.08. The first-order valence-electron chi connectivity index (χ1n) is 35.8. The smallest absolute Gasteiger partial charge is 0.490 e. The highest BCUT2D eigenvalue weighted by molar-refractivity contribution is 5.91. The van der Waals surface area contributed by atoms with E-state index in [-0.39, 0.29) is 32.8 Å². The van der Waals surface area contributed by atoms with E-state index in [0.717, 1.165) is 115 Å². The van der Waals surface area contributed by atoms with E-state index < -0.39 is 72.3 Å². The second-order valence-corrected chi connectivity index (χ2v) is 27.3. The number of nitrogens with zero attached hydrogens (tertiary/aromatic N) is 9. The fourth-order valence-corrected chi connectivity index (χ4v) is 11.5. The third-order valence-electron chi connectivity index (χ3n) is 16.8. The zero-order chi connectivity index (χ0) is 83.0. The van der Waals surface area contributed by atoms with E-state index in [1.165, 1.54) is 17.2 Å². The van der Waals surface area contributed by atoms with Crippen LogP contribution in [0, 0.1) is 11.8 Å². The topological polar surface area (TPSA) is 412 Å². The van der Waals surface area contributed by atoms with Gasteiger partial charge in [0.05, 0.1) is 36.3 Å². The average molecular weight is 1590 g/mol. The number of carboxylic acid groups (broad SMARTS) is 3. The largest absolute Gasteiger partial charge is 0.497 e. The van der Waals surface area contributed by atoms with E-state index in [1.807, 2.05) is 126 Å². The number of aliphatic carboxylic acids is 2. The zero-order valence-electron chi connectivity index (χ0n) is 64.1. The van der Waals surface area contributed by atoms with Gasteiger partial charge in [0.1, 0.15) is 83.9 Å². The molecule has 2 atom stereocenters. The van der Waals surface area contributed by atoms with Gasteiger partial charge in [-0.15, -0.1) is 0 Å². The van der Waals surface area contributed by atoms with Gasteiger partial charge in [0.15, 0.2) is 0 Å². The number of aromatic nitrogens is 8. The molecule has 2 saturated heterocycles. The number of rotatable bonds is 26. The molecule has 2 aliphatic rings. The Hall–Kier alpha value is -12.2. The van der Waals surface area contributed by atoms with Crippen molar-refractivity contribution in [1.82, 2.24) is 50.1 Å². The summed E-state index contributed by atoms with van der Waals surface area (Å²) in [7, 11) is 3.23. The van der Waals surface area contributed by atoms with E-state index in [0.29, 0.717) is 65.6 Å². The molecule has 2 amide bonds. The maximum absolute atomic E-state index is 13.3. The van der Waals surface area contributed by atoms with Crippen LogP contribution in [0.2, 0.25) is 0 Å². The van der Waals surface area contributed by atoms with Gasteiger partial charge in [0.25, 0.3) is 6.47 Å². The molecule has 8 aromatic rings. The van der Waals surface area contributed by atoms with Crippen molar-refractivity contribution in [3.8, 4) is 11.5 Å². The first-order chi connectivity index (χ1) is 53.7. The van der Waals surface area contributed by atoms with Gasteiger partial charge in [-0.2, -0.15) is 26.3 Å². The average Bonchev–Trinajstić information content (AvgIpc) is 1.65. The molecule has 6 heterocycles. The van der Waals surface area contributed by atoms with E-state index >= 15 is 0 Å². The zero-order valence-corrected chi connectivity index (χ0v) is 64.1. The van der Waals surface area contributed by atoms with Crippen molar-refractivity contribution in [2.45, 2.75) is 143 Å². The molecule has 0 radical (unpaired) electrons. The number of aromatic amines is 1. The molecule has 10 N–H and O–H groups in total. The van der Waals surface area contributed by atoms with Crippen molar-refractivity contribution in [2.75, 3.05) is 97.6 Å². The van der Waals surface area contributed by atoms with Gasteiger partial charge in [0.2, 0.25) is 11.9 Å². The van der Waals surface area contributed by atoms with Crippen LogP contribution in [0.4, 0.5) is 75.9 Å². The highest BCUT2D eigenvalue weighted by Crippen LogP contribution is 2.33. The number of nitrogens with one attached hydrogen (secondary N) is 7. The van der Waals surface area contributed by atoms with Crippen molar-refractivity contribution in [2.24, 2.45) is 11.8 Å². The van der Waals surface area contributed by atoms with Gasteiger partial charge in [-0.3, -0.25) is 4.79 Å². The minimum absolute atomic E-state index is 0.0212. The Labute approximate surface area is 647 Å². The number of fused-ring (bicyclic) bond motifs is 2. The summed E-state index contributed by atoms with van der Waals surface area (Å²) in [5.41, 5.74) is 5.05. The SMILES string of the molecule is CCc1c(NC[C@H](NC(=O)OCc2ccccc2)C(=O)O)ncnc1N1CCC(CNc2nc3ccc(OC)cc3[nH]2)CC1.CCc1c(NC[C@H](NC(=O)OCc2ccccc2)C(=O)OC(C)(C)C)ncnc1N1CCC(CNc2nc3ccc(OC)cc3n2C(=O)OC(C)(C)C)CC1.FC(F)F.O=C(O)C(F)(F)F.O=CO. The molecule has 38 heteroatoms. The van der Waals surface area contributed by atoms with Gasteiger partial charge in [0, 0.05) is 75.6 Å². The van der Waals surface area contributed by atoms with Crippen LogP contribution >= 0.6 is 0 Å². The standard InChI is InChI=1S/C40H54N8O7.C31H38N8O5.C2HF3O2.CHF3.CH2O2/c1-9-29-33(41-23-31(35(49)54-39(2,3)4)46-37(50)53-24-27-13-11-10-12-14-27)43-25-44-34(29)47-19-17-26(18-20-47)22-42-36-45-30-16-15-28(52-8)21-32(30)48(36)38(51)55-40(5,6)7;1-3-23-27(32-17-26(29(40)41)38-31(42)44-18-21-7-5-4-6-8-21)34-19-35-28(23)39-13-11-20(12-14-39)16-33-30-36-24-10-9-22(43-2)15-25(24)37-30;3-2(4,5)1(6)7;2-1(3)4;2-1-3/h10-16,21,25-26,31H,9,17-20,22-24H2,1-8H3,(H,42,45)(H,46,50)(H,41,43,44);4-10,15,19-20,26H,3,11-14,16-18H2,1-2H3,(H,38,42)(H,40,41)(H,32,34,35)(H2,33,36,37);(H,6,7);1H;1H,(H,2,3)/t31-;26-;;;/m00.../s1. The van der Waals surface area contributed by atoms with Crippen LogP contribution in [0.1, 0.15) is 103 Å². The molecular weight excluding hydrogens is 1490 g/mol. The fraction of sp³-hybridized carbons (Fsp3) is 0.453. The van der Waals surface area contributed by atoms with Crippen molar-refractivity contribution in [1.29, 1.82) is 0 Å². The maximum atomic E-state index is 13.3. The van der Waals surface area contributed by atoms with Crippen molar-refractivity contribution >= 4 is 99.9 Å². The molecule has 0 aliphatic carbocycles. The number of alkyl carbamates (subject to hydrolysis) is 2. The molecular formula is C75H96F6N16O16. The van der Waals surface area contributed by atoms with Crippen LogP contribution in [-0.2, 0) is 64.2 Å². The predicted octanol–water partition coefficient (Wildman–Crippen LogP) is 12.1. The van der Waals surface area contributed by atoms with E-state index in [4.69, 9.17) is 53.2 Å². The number of hydrogen-bond acceptors (Lipinski definition) is 25. The number of benzene rings is 4. The second-order valence-electron chi connectivity index (χ2n) is 27.3. The van der Waals surface area contributed by atoms with Gasteiger partial charge in [-0.1, -0.05) is 74.5 Å². The summed E-state index contributed by atoms with van der Waals surface area (Å²) >= 11 is 0. The Kier molecular flexibility index (Phi) is 34.5. The Bertz CT molecular complexity index is 4360. The molecule has 4 aromatic heterocycles. The summed E-state index contributed by atoms with van der Waals surface area (Å²) in [5, 5.41) is 42.0. The molecule has 2 fully saturated rings. The number of piperidine rings is 2. The van der Waals surface area contributed by atoms with Crippen LogP contribution in [0.5, 0.6) is 11.5 Å². The van der Waals surface area contributed by atoms with Crippen molar-refractivity contribution in [3.63, 3.8) is 0 Å². The Morgan fingerprint density at radius 1 is 0.602 bits per heavy atom. The van der Waals surface area contributed by atoms with E-state index in [9.17, 15) is 55.4 Å². The summed E-state index contributed by atoms with van der Waals surface area (Å²) in [6.07, 6.45) is 0.843. The van der Waals surface area contributed by atoms with Crippen LogP contribution in [0.15, 0.2) is 110 Å². The number of alkyl halides is 6. The monoisotopic (exact) mass is 1590 g/mol. The highest BCUT2D eigenvalue weighted by atomic mass is 19.4. The fourth-order valence-electron chi connectivity index (χ4n) is 11.5. The first kappa shape index (κ1) is 89.7. The Morgan fingerprint density at radius 2 is 1.04 bits per heavy atom. The number of ether oxygens (including phenoxy) is 6. The normalized spacial score (nSPS) is 13.6. The van der Waals surface area contributed by atoms with Crippen LogP contribution in [-0.4, -0.2) is 200 Å². The van der Waals surface area contributed by atoms with Crippen LogP contribution in [0.3, 0.4) is 0 Å². The van der Waals surface area contributed by atoms with E-state index in [1.54, 1.807) is 41.1 Å². The number of esters is 1. The van der Waals surface area contributed by atoms with Gasteiger partial charge in [-0.05, 0) is 127 Å². The maximum Gasteiger partial charge on any atom is 0.490 e. The van der Waals surface area contributed by atoms with Crippen LogP contribution in [0.25, 0.3) is 22.1 Å². The van der Waals surface area contributed by atoms with Gasteiger partial charge < -0.3 is 90.4 Å². The lowest BCUT2D eigenvalue weighted by Gasteiger charge is -2.34. The summed E-state index contributed by atoms with van der Waals surface area (Å²) in [4.78, 5) is 116. The third kappa shape index (κ3) is 29.6. The van der Waals surface area contributed by atoms with Crippen molar-refractivity contribution < 1.29 is 104 Å². The molecule has 10 rings (SSSR count). The van der Waals surface area contributed by atoms with Crippen molar-refractivity contribution in [3.05, 3.63) is 132 Å². The molecule has 2 aliphatic heterocycles. The van der Waals surface area contributed by atoms with Gasteiger partial charge >= 0.3 is 49.0 Å². The Balaban J connectivity index is 0.000000306. The number of methoxy groups -OCH3 is 2. The number of carboxylic acids is 2. The number of halogens is 6. The third-order valence-corrected chi connectivity index (χ3v) is 16.8. The molecule has 0 bridgehead atoms. The molecule has 0 spiro atoms. The lowest BCUT2D eigenvalue weighted by atomic mass is 9.96. The summed E-state index contributed by atoms with van der Waals surface area (Å²) < 4.78 is 94.8. The molecule has 614 valence electrons. The lowest BCUT2D eigenvalue weighted by molar-refractivity contribution is -0.192. The lowest BCUT2D eigenvalue weighted by Crippen LogP contribution is -2.48. The molecule has 113 heavy (non-hydrogen) atoms. The molecule has 0 unspecified atom stereocenters. The number of hydrogen-bond donors (Lipinski definition) is 10. The summed E-state index contributed by atoms with van der Waals surface area (Å²) in [5.74, 6) is 1.59. The van der Waals surface area contributed by atoms with E-state index in [2.05, 4.69) is 71.6 Å².